The molecule has 12 nitrogen and oxygen atoms in total. The standard InChI is InChI=1S/C10H11N7O5S/c11-23(21,22)9-3-1-8(2-4-9)13-10(18)5-15-7-16(6-12-15)14-17(19)20/h1-4,6-7,14H,5H2,(H2-,11,13,18,21,22)/p+1. The highest BCUT2D eigenvalue weighted by Gasteiger charge is 2.16. The van der Waals surface area contributed by atoms with Gasteiger partial charge in [-0.05, 0) is 34.5 Å². The lowest BCUT2D eigenvalue weighted by Gasteiger charge is -2.03. The van der Waals surface area contributed by atoms with Gasteiger partial charge in [0.1, 0.15) is 5.10 Å². The van der Waals surface area contributed by atoms with Crippen LogP contribution < -0.4 is 20.7 Å². The Bertz CT molecular complexity index is 830. The van der Waals surface area contributed by atoms with Crippen molar-refractivity contribution in [2.75, 3.05) is 10.9 Å². The molecule has 2 rings (SSSR count). The SMILES string of the molecule is NS(=O)(=O)c1ccc(NC(=O)Cn2c[n+](N[N+](=O)[O-])cn2)cc1. The zero-order chi connectivity index (χ0) is 17.0. The van der Waals surface area contributed by atoms with Gasteiger partial charge in [-0.25, -0.2) is 13.6 Å². The van der Waals surface area contributed by atoms with E-state index in [-0.39, 0.29) is 11.4 Å². The van der Waals surface area contributed by atoms with Crippen LogP contribution in [0.4, 0.5) is 5.69 Å². The van der Waals surface area contributed by atoms with E-state index in [9.17, 15) is 23.3 Å². The van der Waals surface area contributed by atoms with Gasteiger partial charge in [0.2, 0.25) is 16.6 Å². The molecule has 0 aliphatic rings. The van der Waals surface area contributed by atoms with Gasteiger partial charge in [-0.15, -0.1) is 0 Å². The number of nitrogens with two attached hydrogens (primary N) is 1. The third-order valence-corrected chi connectivity index (χ3v) is 3.48. The zero-order valence-electron chi connectivity index (χ0n) is 11.5. The molecule has 0 radical (unpaired) electrons. The molecular weight excluding hydrogens is 330 g/mol. The van der Waals surface area contributed by atoms with E-state index < -0.39 is 21.0 Å². The molecule has 1 amide bonds. The molecule has 0 aliphatic carbocycles. The first-order valence-electron chi connectivity index (χ1n) is 6.01. The van der Waals surface area contributed by atoms with Crippen LogP contribution >= 0.6 is 0 Å². The van der Waals surface area contributed by atoms with E-state index in [4.69, 9.17) is 5.14 Å². The maximum Gasteiger partial charge on any atom is 0.364 e. The van der Waals surface area contributed by atoms with E-state index in [1.54, 1.807) is 0 Å². The van der Waals surface area contributed by atoms with Crippen LogP contribution in [0.25, 0.3) is 0 Å². The van der Waals surface area contributed by atoms with Crippen LogP contribution in [0, 0.1) is 10.1 Å². The number of hydrogen-bond donors (Lipinski definition) is 3. The minimum absolute atomic E-state index is 0.0746. The Labute approximate surface area is 129 Å². The number of hydrazine groups is 1. The smallest absolute Gasteiger partial charge is 0.339 e. The van der Waals surface area contributed by atoms with Crippen molar-refractivity contribution in [2.45, 2.75) is 11.4 Å². The third kappa shape index (κ3) is 4.72. The number of sulfonamides is 1. The fourth-order valence-electron chi connectivity index (χ4n) is 1.63. The number of primary sulfonamides is 1. The molecule has 2 aromatic rings. The summed E-state index contributed by atoms with van der Waals surface area (Å²) in [4.78, 5) is 22.0. The molecule has 1 aromatic carbocycles. The molecule has 0 atom stereocenters. The molecule has 0 aliphatic heterocycles. The van der Waals surface area contributed by atoms with Gasteiger partial charge in [-0.2, -0.15) is 0 Å². The number of benzene rings is 1. The molecule has 1 heterocycles. The maximum atomic E-state index is 11.8. The summed E-state index contributed by atoms with van der Waals surface area (Å²) in [5.74, 6) is -0.454. The quantitative estimate of drug-likeness (QED) is 0.316. The van der Waals surface area contributed by atoms with Crippen LogP contribution in [0.1, 0.15) is 0 Å². The van der Waals surface area contributed by atoms with Crippen molar-refractivity contribution in [3.63, 3.8) is 0 Å². The summed E-state index contributed by atoms with van der Waals surface area (Å²) < 4.78 is 24.4. The Morgan fingerprint density at radius 2 is 2.04 bits per heavy atom. The normalized spacial score (nSPS) is 11.0. The van der Waals surface area contributed by atoms with Crippen molar-refractivity contribution < 1.29 is 22.9 Å². The second-order valence-electron chi connectivity index (χ2n) is 4.33. The van der Waals surface area contributed by atoms with Crippen LogP contribution in [0.2, 0.25) is 0 Å². The molecule has 0 fully saturated rings. The van der Waals surface area contributed by atoms with Crippen molar-refractivity contribution in [1.29, 1.82) is 0 Å². The fraction of sp³-hybridized carbons (Fsp3) is 0.100. The van der Waals surface area contributed by atoms with Gasteiger partial charge >= 0.3 is 12.7 Å². The molecular formula is C10H12N7O5S+. The highest BCUT2D eigenvalue weighted by molar-refractivity contribution is 7.89. The number of nitro groups is 1. The predicted molar refractivity (Wildman–Crippen MR) is 75.2 cm³/mol. The molecule has 0 bridgehead atoms. The van der Waals surface area contributed by atoms with E-state index in [0.717, 1.165) is 11.0 Å². The third-order valence-electron chi connectivity index (χ3n) is 2.55. The van der Waals surface area contributed by atoms with Gasteiger partial charge in [-0.1, -0.05) is 4.68 Å². The second kappa shape index (κ2) is 6.37. The summed E-state index contributed by atoms with van der Waals surface area (Å²) in [6.45, 7) is -0.191. The van der Waals surface area contributed by atoms with E-state index in [0.29, 0.717) is 5.69 Å². The summed E-state index contributed by atoms with van der Waals surface area (Å²) in [5.41, 5.74) is 2.19. The Balaban J connectivity index is 1.97. The lowest BCUT2D eigenvalue weighted by molar-refractivity contribution is -0.774. The van der Waals surface area contributed by atoms with Gasteiger partial charge in [0.25, 0.3) is 5.91 Å². The molecule has 0 saturated heterocycles. The molecule has 23 heavy (non-hydrogen) atoms. The van der Waals surface area contributed by atoms with Crippen molar-refractivity contribution in [3.8, 4) is 0 Å². The Kier molecular flexibility index (Phi) is 4.52. The Morgan fingerprint density at radius 3 is 2.61 bits per heavy atom. The summed E-state index contributed by atoms with van der Waals surface area (Å²) in [6, 6.07) is 5.28. The van der Waals surface area contributed by atoms with E-state index in [1.807, 2.05) is 5.53 Å². The topological polar surface area (TPSA) is 166 Å². The van der Waals surface area contributed by atoms with Crippen molar-refractivity contribution in [1.82, 2.24) is 9.78 Å². The largest absolute Gasteiger partial charge is 0.364 e. The number of carbonyl (C=O) groups is 1. The summed E-state index contributed by atoms with van der Waals surface area (Å²) in [6.07, 6.45) is 2.34. The molecule has 0 unspecified atom stereocenters. The van der Waals surface area contributed by atoms with E-state index in [2.05, 4.69) is 10.4 Å². The molecule has 4 N–H and O–H groups in total. The molecule has 13 heteroatoms. The van der Waals surface area contributed by atoms with Crippen LogP contribution in [0.15, 0.2) is 41.8 Å². The number of carbonyl (C=O) groups excluding carboxylic acids is 1. The van der Waals surface area contributed by atoms with Gasteiger partial charge < -0.3 is 15.4 Å². The fourth-order valence-corrected chi connectivity index (χ4v) is 2.14. The summed E-state index contributed by atoms with van der Waals surface area (Å²) in [5, 5.41) is 20.7. The first kappa shape index (κ1) is 16.3. The first-order valence-corrected chi connectivity index (χ1v) is 7.56. The number of nitrogens with one attached hydrogen (secondary N) is 2. The van der Waals surface area contributed by atoms with E-state index >= 15 is 0 Å². The van der Waals surface area contributed by atoms with Crippen LogP contribution in [0.3, 0.4) is 0 Å². The molecule has 122 valence electrons. The van der Waals surface area contributed by atoms with Crippen LogP contribution in [0.5, 0.6) is 0 Å². The molecule has 0 spiro atoms. The minimum atomic E-state index is -3.80. The average molecular weight is 342 g/mol. The number of hydrogen-bond acceptors (Lipinski definition) is 6. The van der Waals surface area contributed by atoms with Gasteiger partial charge in [-0.3, -0.25) is 4.79 Å². The maximum absolute atomic E-state index is 11.8. The second-order valence-corrected chi connectivity index (χ2v) is 5.89. The number of nitrogens with zero attached hydrogens (tertiary/aromatic N) is 4. The number of aromatic nitrogens is 3. The summed E-state index contributed by atoms with van der Waals surface area (Å²) >= 11 is 0. The van der Waals surface area contributed by atoms with Gasteiger partial charge in [0, 0.05) is 10.7 Å². The van der Waals surface area contributed by atoms with Crippen LogP contribution in [-0.4, -0.2) is 29.1 Å². The monoisotopic (exact) mass is 342 g/mol. The van der Waals surface area contributed by atoms with Gasteiger partial charge in [0.05, 0.1) is 4.90 Å². The summed E-state index contributed by atoms with van der Waals surface area (Å²) in [7, 11) is -3.80. The van der Waals surface area contributed by atoms with Crippen molar-refractivity contribution in [2.24, 2.45) is 5.14 Å². The van der Waals surface area contributed by atoms with Crippen LogP contribution in [-0.2, 0) is 21.4 Å². The molecule has 0 saturated carbocycles. The zero-order valence-corrected chi connectivity index (χ0v) is 12.3. The first-order chi connectivity index (χ1) is 10.7. The number of amides is 1. The highest BCUT2D eigenvalue weighted by atomic mass is 32.2. The van der Waals surface area contributed by atoms with E-state index in [1.165, 1.54) is 35.3 Å². The number of rotatable bonds is 6. The van der Waals surface area contributed by atoms with Gasteiger partial charge in [0.15, 0.2) is 0 Å². The Morgan fingerprint density at radius 1 is 1.39 bits per heavy atom. The predicted octanol–water partition coefficient (Wildman–Crippen LogP) is -1.81. The van der Waals surface area contributed by atoms with Crippen molar-refractivity contribution >= 4 is 21.6 Å². The number of anilines is 1. The Hall–Kier alpha value is -3.06. The average Bonchev–Trinajstić information content (AvgIpc) is 2.84. The highest BCUT2D eigenvalue weighted by Crippen LogP contribution is 2.12. The minimum Gasteiger partial charge on any atom is -0.339 e. The molecule has 1 aromatic heterocycles. The lowest BCUT2D eigenvalue weighted by atomic mass is 10.3. The lowest BCUT2D eigenvalue weighted by Crippen LogP contribution is -2.46. The van der Waals surface area contributed by atoms with Crippen molar-refractivity contribution in [3.05, 3.63) is 47.0 Å².